The summed E-state index contributed by atoms with van der Waals surface area (Å²) in [6.45, 7) is 1.48. The van der Waals surface area contributed by atoms with Crippen molar-refractivity contribution in [1.29, 1.82) is 0 Å². The van der Waals surface area contributed by atoms with Crippen LogP contribution in [0.3, 0.4) is 0 Å². The number of ether oxygens (including phenoxy) is 2. The van der Waals surface area contributed by atoms with Crippen LogP contribution in [-0.4, -0.2) is 71.8 Å². The molecule has 1 aromatic heterocycles. The number of amides is 3. The number of hydrogen-bond acceptors (Lipinski definition) is 6. The molecule has 3 amide bonds. The van der Waals surface area contributed by atoms with Gasteiger partial charge in [-0.25, -0.2) is 8.78 Å². The number of likely N-dealkylation sites (tertiary alicyclic amines) is 1. The smallest absolute Gasteiger partial charge is 0.268 e. The van der Waals surface area contributed by atoms with E-state index in [9.17, 15) is 28.0 Å². The number of nitrogens with zero attached hydrogens (tertiary/aromatic N) is 1. The second kappa shape index (κ2) is 11.6. The lowest BCUT2D eigenvalue weighted by Crippen LogP contribution is -2.51. The summed E-state index contributed by atoms with van der Waals surface area (Å²) in [6.07, 6.45) is 0.718. The molecule has 2 aliphatic heterocycles. The van der Waals surface area contributed by atoms with E-state index in [1.807, 2.05) is 0 Å². The van der Waals surface area contributed by atoms with Crippen molar-refractivity contribution >= 4 is 34.4 Å². The predicted octanol–water partition coefficient (Wildman–Crippen LogP) is 2.72. The lowest BCUT2D eigenvalue weighted by atomic mass is 9.94. The van der Waals surface area contributed by atoms with Crippen molar-refractivity contribution in [2.45, 2.75) is 44.3 Å². The van der Waals surface area contributed by atoms with Gasteiger partial charge in [-0.3, -0.25) is 19.2 Å². The normalized spacial score (nSPS) is 21.2. The quantitative estimate of drug-likeness (QED) is 0.345. The number of rotatable bonds is 10. The van der Waals surface area contributed by atoms with Gasteiger partial charge in [-0.2, -0.15) is 0 Å². The van der Waals surface area contributed by atoms with Gasteiger partial charge in [0.25, 0.3) is 5.91 Å². The molecule has 3 N–H and O–H groups in total. The Bertz CT molecular complexity index is 1490. The molecule has 2 saturated heterocycles. The third kappa shape index (κ3) is 5.59. The number of Topliss-reactive ketones (excluding diaryl/α,β-unsaturated/α-hetero) is 1. The van der Waals surface area contributed by atoms with E-state index in [2.05, 4.69) is 15.6 Å². The van der Waals surface area contributed by atoms with E-state index in [0.717, 1.165) is 12.1 Å². The molecule has 2 aromatic carbocycles. The lowest BCUT2D eigenvalue weighted by Gasteiger charge is -2.32. The fourth-order valence-electron chi connectivity index (χ4n) is 5.60. The average Bonchev–Trinajstić information content (AvgIpc) is 3.64. The van der Waals surface area contributed by atoms with Crippen molar-refractivity contribution in [3.63, 3.8) is 0 Å². The van der Waals surface area contributed by atoms with Crippen LogP contribution in [0.1, 0.15) is 36.7 Å². The van der Waals surface area contributed by atoms with E-state index < -0.39 is 65.6 Å². The minimum absolute atomic E-state index is 0.0202. The highest BCUT2D eigenvalue weighted by atomic mass is 19.1. The molecule has 3 heterocycles. The Morgan fingerprint density at radius 2 is 1.88 bits per heavy atom. The molecular formula is C29H30F2N4O6. The molecular weight excluding hydrogens is 538 g/mol. The van der Waals surface area contributed by atoms with Gasteiger partial charge in [0.2, 0.25) is 11.8 Å². The Kier molecular flexibility index (Phi) is 7.91. The molecule has 5 rings (SSSR count). The zero-order valence-corrected chi connectivity index (χ0v) is 22.5. The van der Waals surface area contributed by atoms with Gasteiger partial charge in [0.1, 0.15) is 24.1 Å². The van der Waals surface area contributed by atoms with Crippen molar-refractivity contribution < 1.29 is 37.4 Å². The Hall–Kier alpha value is -4.48. The molecule has 0 spiro atoms. The molecule has 3 aromatic rings. The standard InChI is InChI=1S/C29H30F2N4O6/c1-15-11-22(34-28(38)21-13-17-20(33-21)7-4-8-25(17)40-2)29(39)35(15)23(12-16-9-10-32-27(16)37)24(36)14-41-26-18(30)5-3-6-19(26)31/h3-8,13,15-16,22-23,33H,9-12,14H2,1-2H3,(H,32,37)(H,34,38). The van der Waals surface area contributed by atoms with Crippen LogP contribution in [0.15, 0.2) is 42.5 Å². The minimum atomic E-state index is -1.10. The third-order valence-corrected chi connectivity index (χ3v) is 7.65. The molecule has 0 radical (unpaired) electrons. The fourth-order valence-corrected chi connectivity index (χ4v) is 5.60. The van der Waals surface area contributed by atoms with E-state index >= 15 is 0 Å². The second-order valence-corrected chi connectivity index (χ2v) is 10.3. The molecule has 216 valence electrons. The number of methoxy groups -OCH3 is 1. The molecule has 0 bridgehead atoms. The summed E-state index contributed by atoms with van der Waals surface area (Å²) >= 11 is 0. The van der Waals surface area contributed by atoms with Crippen LogP contribution in [0.4, 0.5) is 8.78 Å². The van der Waals surface area contributed by atoms with Gasteiger partial charge in [-0.15, -0.1) is 0 Å². The number of H-pyrrole nitrogens is 1. The van der Waals surface area contributed by atoms with Crippen LogP contribution in [0.25, 0.3) is 10.9 Å². The molecule has 10 nitrogen and oxygen atoms in total. The van der Waals surface area contributed by atoms with Crippen LogP contribution in [0.5, 0.6) is 11.5 Å². The Labute approximate surface area is 234 Å². The second-order valence-electron chi connectivity index (χ2n) is 10.3. The Morgan fingerprint density at radius 3 is 2.56 bits per heavy atom. The van der Waals surface area contributed by atoms with E-state index in [1.54, 1.807) is 31.2 Å². The summed E-state index contributed by atoms with van der Waals surface area (Å²) in [5, 5.41) is 6.18. The first-order valence-electron chi connectivity index (χ1n) is 13.3. The first kappa shape index (κ1) is 28.1. The Balaban J connectivity index is 1.34. The summed E-state index contributed by atoms with van der Waals surface area (Å²) in [7, 11) is 1.53. The van der Waals surface area contributed by atoms with Crippen LogP contribution in [-0.2, 0) is 14.4 Å². The zero-order valence-electron chi connectivity index (χ0n) is 22.5. The van der Waals surface area contributed by atoms with Crippen molar-refractivity contribution in [1.82, 2.24) is 20.5 Å². The number of ketones is 1. The lowest BCUT2D eigenvalue weighted by molar-refractivity contribution is -0.141. The number of fused-ring (bicyclic) bond motifs is 1. The number of para-hydroxylation sites is 1. The highest BCUT2D eigenvalue weighted by molar-refractivity contribution is 6.02. The van der Waals surface area contributed by atoms with Crippen LogP contribution in [0, 0.1) is 17.6 Å². The average molecular weight is 569 g/mol. The van der Waals surface area contributed by atoms with E-state index in [-0.39, 0.29) is 24.4 Å². The first-order valence-corrected chi connectivity index (χ1v) is 13.3. The van der Waals surface area contributed by atoms with Gasteiger partial charge >= 0.3 is 0 Å². The number of nitrogens with one attached hydrogen (secondary N) is 3. The van der Waals surface area contributed by atoms with Crippen LogP contribution < -0.4 is 20.1 Å². The van der Waals surface area contributed by atoms with Crippen LogP contribution in [0.2, 0.25) is 0 Å². The summed E-state index contributed by atoms with van der Waals surface area (Å²) in [6, 6.07) is 7.67. The van der Waals surface area contributed by atoms with Crippen molar-refractivity contribution in [2.75, 3.05) is 20.3 Å². The molecule has 0 saturated carbocycles. The molecule has 0 aliphatic carbocycles. The predicted molar refractivity (Wildman–Crippen MR) is 143 cm³/mol. The van der Waals surface area contributed by atoms with E-state index in [4.69, 9.17) is 9.47 Å². The van der Waals surface area contributed by atoms with Gasteiger partial charge in [0.05, 0.1) is 13.2 Å². The maximum atomic E-state index is 14.1. The molecule has 4 atom stereocenters. The number of hydrogen-bond donors (Lipinski definition) is 3. The maximum Gasteiger partial charge on any atom is 0.268 e. The topological polar surface area (TPSA) is 130 Å². The summed E-state index contributed by atoms with van der Waals surface area (Å²) in [5.41, 5.74) is 0.924. The molecule has 2 fully saturated rings. The number of benzene rings is 2. The molecule has 41 heavy (non-hydrogen) atoms. The summed E-state index contributed by atoms with van der Waals surface area (Å²) in [4.78, 5) is 56.9. The minimum Gasteiger partial charge on any atom is -0.496 e. The number of aromatic amines is 1. The van der Waals surface area contributed by atoms with Gasteiger partial charge in [-0.05, 0) is 56.5 Å². The zero-order chi connectivity index (χ0) is 29.3. The van der Waals surface area contributed by atoms with Gasteiger partial charge < -0.3 is 30.0 Å². The third-order valence-electron chi connectivity index (χ3n) is 7.65. The maximum absolute atomic E-state index is 14.1. The van der Waals surface area contributed by atoms with Gasteiger partial charge in [0, 0.05) is 29.4 Å². The van der Waals surface area contributed by atoms with E-state index in [1.165, 1.54) is 18.1 Å². The SMILES string of the molecule is COc1cccc2[nH]c(C(=O)NC3CC(C)N(C(CC4CCNC4=O)C(=O)COc4c(F)cccc4F)C3=O)cc12. The summed E-state index contributed by atoms with van der Waals surface area (Å²) < 4.78 is 38.7. The van der Waals surface area contributed by atoms with Gasteiger partial charge in [-0.1, -0.05) is 12.1 Å². The van der Waals surface area contributed by atoms with Crippen molar-refractivity contribution in [2.24, 2.45) is 5.92 Å². The Morgan fingerprint density at radius 1 is 1.15 bits per heavy atom. The number of halogens is 2. The number of aromatic nitrogens is 1. The monoisotopic (exact) mass is 568 g/mol. The molecule has 12 heteroatoms. The largest absolute Gasteiger partial charge is 0.496 e. The van der Waals surface area contributed by atoms with Crippen LogP contribution >= 0.6 is 0 Å². The summed E-state index contributed by atoms with van der Waals surface area (Å²) in [5.74, 6) is -4.41. The molecule has 4 unspecified atom stereocenters. The number of carbonyl (C=O) groups is 4. The van der Waals surface area contributed by atoms with Crippen molar-refractivity contribution in [3.05, 3.63) is 59.8 Å². The highest BCUT2D eigenvalue weighted by Gasteiger charge is 2.45. The number of carbonyl (C=O) groups excluding carboxylic acids is 4. The fraction of sp³-hybridized carbons (Fsp3) is 0.379. The van der Waals surface area contributed by atoms with E-state index in [0.29, 0.717) is 29.6 Å². The highest BCUT2D eigenvalue weighted by Crippen LogP contribution is 2.30. The first-order chi connectivity index (χ1) is 19.7. The van der Waals surface area contributed by atoms with Crippen molar-refractivity contribution in [3.8, 4) is 11.5 Å². The molecule has 2 aliphatic rings. The van der Waals surface area contributed by atoms with Gasteiger partial charge in [0.15, 0.2) is 23.2 Å².